The van der Waals surface area contributed by atoms with Crippen LogP contribution in [0, 0.1) is 5.41 Å². The fourth-order valence-electron chi connectivity index (χ4n) is 6.66. The Hall–Kier alpha value is -3.63. The fraction of sp³-hybridized carbons (Fsp3) is 0.500. The van der Waals surface area contributed by atoms with E-state index in [0.717, 1.165) is 50.8 Å². The van der Waals surface area contributed by atoms with Crippen LogP contribution in [0.5, 0.6) is 11.5 Å². The Balaban J connectivity index is 1.35. The first-order valence-electron chi connectivity index (χ1n) is 17.9. The second-order valence-corrected chi connectivity index (χ2v) is 15.0. The Morgan fingerprint density at radius 3 is 2.46 bits per heavy atom. The standard InChI is InChI=1S/C40H53ClN4O5/c1-40(2,3)27-45-33-17-16-29(41)25-32(33)37(50-35(39(45)47)26-36(46)44-22-18-30(42)19-23-44)31-14-8-15-34(38(31)48-4)49-24-10-21-43-20-9-13-28-11-6-5-7-12-28/h5-8,11-12,14-17,25,30,35,37,43H,9-10,13,18-24,26-27,42H2,1-4H3/t35-,37-/m0/s1. The highest BCUT2D eigenvalue weighted by atomic mass is 35.5. The number of piperidine rings is 1. The predicted octanol–water partition coefficient (Wildman–Crippen LogP) is 6.55. The molecule has 270 valence electrons. The van der Waals surface area contributed by atoms with Crippen molar-refractivity contribution < 1.29 is 23.8 Å². The molecule has 0 bridgehead atoms. The molecule has 2 aliphatic rings. The minimum Gasteiger partial charge on any atom is -0.492 e. The van der Waals surface area contributed by atoms with E-state index in [1.165, 1.54) is 5.56 Å². The zero-order valence-corrected chi connectivity index (χ0v) is 30.7. The lowest BCUT2D eigenvalue weighted by atomic mass is 9.94. The van der Waals surface area contributed by atoms with Crippen molar-refractivity contribution >= 4 is 29.1 Å². The summed E-state index contributed by atoms with van der Waals surface area (Å²) in [6, 6.07) is 21.8. The monoisotopic (exact) mass is 704 g/mol. The first-order valence-corrected chi connectivity index (χ1v) is 18.3. The lowest BCUT2D eigenvalue weighted by Crippen LogP contribution is -2.47. The maximum absolute atomic E-state index is 14.4. The van der Waals surface area contributed by atoms with Crippen LogP contribution in [0.1, 0.15) is 75.7 Å². The normalized spacial score (nSPS) is 18.5. The van der Waals surface area contributed by atoms with Crippen LogP contribution in [0.2, 0.25) is 5.02 Å². The Morgan fingerprint density at radius 1 is 1.00 bits per heavy atom. The number of anilines is 1. The third-order valence-electron chi connectivity index (χ3n) is 9.20. The minimum atomic E-state index is -1.03. The van der Waals surface area contributed by atoms with Crippen molar-refractivity contribution in [1.29, 1.82) is 0 Å². The van der Waals surface area contributed by atoms with Crippen molar-refractivity contribution in [3.8, 4) is 11.5 Å². The van der Waals surface area contributed by atoms with Gasteiger partial charge in [-0.2, -0.15) is 0 Å². The Bertz CT molecular complexity index is 1570. The van der Waals surface area contributed by atoms with Crippen LogP contribution in [0.25, 0.3) is 0 Å². The number of nitrogens with one attached hydrogen (secondary N) is 1. The summed E-state index contributed by atoms with van der Waals surface area (Å²) in [4.78, 5) is 31.6. The molecule has 50 heavy (non-hydrogen) atoms. The second kappa shape index (κ2) is 17.5. The fourth-order valence-corrected chi connectivity index (χ4v) is 6.84. The Kier molecular flexibility index (Phi) is 13.2. The number of hydrogen-bond acceptors (Lipinski definition) is 7. The molecule has 3 N–H and O–H groups in total. The molecule has 0 aliphatic carbocycles. The van der Waals surface area contributed by atoms with Gasteiger partial charge in [-0.1, -0.05) is 74.8 Å². The molecular formula is C40H53ClN4O5. The number of amides is 2. The average Bonchev–Trinajstić information content (AvgIpc) is 3.19. The van der Waals surface area contributed by atoms with Gasteiger partial charge in [-0.25, -0.2) is 0 Å². The lowest BCUT2D eigenvalue weighted by Gasteiger charge is -2.33. The minimum absolute atomic E-state index is 0.0796. The largest absolute Gasteiger partial charge is 0.492 e. The van der Waals surface area contributed by atoms with Crippen molar-refractivity contribution in [1.82, 2.24) is 10.2 Å². The number of ether oxygens (including phenoxy) is 3. The number of hydrogen-bond donors (Lipinski definition) is 2. The van der Waals surface area contributed by atoms with E-state index in [2.05, 4.69) is 50.4 Å². The van der Waals surface area contributed by atoms with E-state index < -0.39 is 12.2 Å². The van der Waals surface area contributed by atoms with Crippen LogP contribution < -0.4 is 25.4 Å². The highest BCUT2D eigenvalue weighted by Gasteiger charge is 2.41. The quantitative estimate of drug-likeness (QED) is 0.184. The summed E-state index contributed by atoms with van der Waals surface area (Å²) < 4.78 is 19.0. The number of carbonyl (C=O) groups excluding carboxylic acids is 2. The predicted molar refractivity (Wildman–Crippen MR) is 199 cm³/mol. The summed E-state index contributed by atoms with van der Waals surface area (Å²) in [6.07, 6.45) is 2.55. The summed E-state index contributed by atoms with van der Waals surface area (Å²) in [5.41, 5.74) is 9.35. The molecule has 2 aliphatic heterocycles. The third kappa shape index (κ3) is 10.00. The van der Waals surface area contributed by atoms with Gasteiger partial charge in [-0.3, -0.25) is 9.59 Å². The van der Waals surface area contributed by atoms with E-state index in [0.29, 0.717) is 54.0 Å². The Labute approximate surface area is 302 Å². The second-order valence-electron chi connectivity index (χ2n) is 14.5. The third-order valence-corrected chi connectivity index (χ3v) is 9.44. The number of fused-ring (bicyclic) bond motifs is 1. The Morgan fingerprint density at radius 2 is 1.74 bits per heavy atom. The topological polar surface area (TPSA) is 106 Å². The van der Waals surface area contributed by atoms with Crippen LogP contribution >= 0.6 is 11.6 Å². The van der Waals surface area contributed by atoms with Crippen LogP contribution in [0.3, 0.4) is 0 Å². The first kappa shape index (κ1) is 37.6. The average molecular weight is 705 g/mol. The molecule has 1 fully saturated rings. The number of likely N-dealkylation sites (tertiary alicyclic amines) is 1. The molecule has 2 atom stereocenters. The molecule has 9 nitrogen and oxygen atoms in total. The zero-order chi connectivity index (χ0) is 35.7. The van der Waals surface area contributed by atoms with Gasteiger partial charge < -0.3 is 35.1 Å². The SMILES string of the molecule is COc1c(OCCCNCCCc2ccccc2)cccc1[C@@H]1O[C@@H](CC(=O)N2CCC(N)CC2)C(=O)N(CC(C)(C)C)c2ccc(Cl)cc21. The number of para-hydroxylation sites is 1. The molecule has 0 aromatic heterocycles. The zero-order valence-electron chi connectivity index (χ0n) is 30.0. The van der Waals surface area contributed by atoms with Gasteiger partial charge in [0, 0.05) is 47.5 Å². The van der Waals surface area contributed by atoms with Gasteiger partial charge >= 0.3 is 0 Å². The summed E-state index contributed by atoms with van der Waals surface area (Å²) in [7, 11) is 1.61. The highest BCUT2D eigenvalue weighted by Crippen LogP contribution is 2.46. The number of rotatable bonds is 14. The number of halogens is 1. The van der Waals surface area contributed by atoms with Crippen LogP contribution in [0.4, 0.5) is 5.69 Å². The van der Waals surface area contributed by atoms with E-state index in [1.54, 1.807) is 23.0 Å². The van der Waals surface area contributed by atoms with Crippen molar-refractivity contribution in [2.75, 3.05) is 51.3 Å². The highest BCUT2D eigenvalue weighted by molar-refractivity contribution is 6.30. The summed E-state index contributed by atoms with van der Waals surface area (Å²) in [5, 5.41) is 4.03. The van der Waals surface area contributed by atoms with Crippen LogP contribution in [-0.4, -0.2) is 75.3 Å². The smallest absolute Gasteiger partial charge is 0.256 e. The maximum atomic E-state index is 14.4. The molecule has 0 saturated carbocycles. The van der Waals surface area contributed by atoms with Gasteiger partial charge in [-0.15, -0.1) is 0 Å². The van der Waals surface area contributed by atoms with Crippen LogP contribution in [0.15, 0.2) is 66.7 Å². The number of aryl methyl sites for hydroxylation is 1. The summed E-state index contributed by atoms with van der Waals surface area (Å²) >= 11 is 6.61. The van der Waals surface area contributed by atoms with Gasteiger partial charge in [0.2, 0.25) is 5.91 Å². The molecule has 2 heterocycles. The molecule has 5 rings (SSSR count). The lowest BCUT2D eigenvalue weighted by molar-refractivity contribution is -0.143. The van der Waals surface area contributed by atoms with Gasteiger partial charge in [0.15, 0.2) is 11.5 Å². The number of nitrogens with two attached hydrogens (primary N) is 1. The number of carbonyl (C=O) groups is 2. The van der Waals surface area contributed by atoms with Crippen molar-refractivity contribution in [2.24, 2.45) is 11.1 Å². The molecule has 3 aromatic rings. The molecular weight excluding hydrogens is 652 g/mol. The van der Waals surface area contributed by atoms with Crippen LogP contribution in [-0.2, 0) is 20.7 Å². The molecule has 3 aromatic carbocycles. The molecule has 2 amide bonds. The van der Waals surface area contributed by atoms with Crippen molar-refractivity contribution in [3.63, 3.8) is 0 Å². The molecule has 0 radical (unpaired) electrons. The first-order chi connectivity index (χ1) is 24.0. The van der Waals surface area contributed by atoms with Gasteiger partial charge in [0.05, 0.1) is 20.1 Å². The number of methoxy groups -OCH3 is 1. The number of nitrogens with zero attached hydrogens (tertiary/aromatic N) is 2. The van der Waals surface area contributed by atoms with Gasteiger partial charge in [0.25, 0.3) is 5.91 Å². The number of benzene rings is 3. The molecule has 0 spiro atoms. The van der Waals surface area contributed by atoms with Gasteiger partial charge in [-0.05, 0) is 80.4 Å². The molecule has 0 unspecified atom stereocenters. The van der Waals surface area contributed by atoms with Gasteiger partial charge in [0.1, 0.15) is 12.2 Å². The van der Waals surface area contributed by atoms with E-state index in [1.807, 2.05) is 36.4 Å². The maximum Gasteiger partial charge on any atom is 0.256 e. The molecule has 1 saturated heterocycles. The van der Waals surface area contributed by atoms with E-state index >= 15 is 0 Å². The van der Waals surface area contributed by atoms with Crippen molar-refractivity contribution in [2.45, 2.75) is 77.5 Å². The molecule has 10 heteroatoms. The van der Waals surface area contributed by atoms with E-state index in [4.69, 9.17) is 31.5 Å². The van der Waals surface area contributed by atoms with E-state index in [-0.39, 0.29) is 29.7 Å². The van der Waals surface area contributed by atoms with Crippen molar-refractivity contribution in [3.05, 3.63) is 88.4 Å². The van der Waals surface area contributed by atoms with E-state index in [9.17, 15) is 9.59 Å². The summed E-state index contributed by atoms with van der Waals surface area (Å²) in [5.74, 6) is 0.730. The summed E-state index contributed by atoms with van der Waals surface area (Å²) in [6.45, 7) is 10.1.